The van der Waals surface area contributed by atoms with Gasteiger partial charge in [-0.25, -0.2) is 4.98 Å². The van der Waals surface area contributed by atoms with Crippen LogP contribution >= 0.6 is 0 Å². The molecule has 1 aromatic heterocycles. The summed E-state index contributed by atoms with van der Waals surface area (Å²) in [6.45, 7) is 6.19. The molecule has 28 heavy (non-hydrogen) atoms. The monoisotopic (exact) mass is 380 g/mol. The van der Waals surface area contributed by atoms with Crippen LogP contribution in [0.15, 0.2) is 48.5 Å². The van der Waals surface area contributed by atoms with Crippen molar-refractivity contribution in [2.45, 2.75) is 32.6 Å². The molecule has 0 saturated heterocycles. The fourth-order valence-corrected chi connectivity index (χ4v) is 2.66. The van der Waals surface area contributed by atoms with Gasteiger partial charge in [0, 0.05) is 0 Å². The number of aromatic nitrogens is 2. The number of rotatable bonds is 5. The van der Waals surface area contributed by atoms with E-state index < -0.39 is 5.91 Å². The van der Waals surface area contributed by atoms with Crippen LogP contribution in [0.5, 0.6) is 5.75 Å². The third-order valence-electron chi connectivity index (χ3n) is 4.20. The van der Waals surface area contributed by atoms with Crippen LogP contribution < -0.4 is 15.6 Å². The second-order valence-corrected chi connectivity index (χ2v) is 7.54. The van der Waals surface area contributed by atoms with E-state index in [0.29, 0.717) is 11.6 Å². The number of amides is 2. The van der Waals surface area contributed by atoms with E-state index in [1.165, 1.54) is 5.56 Å². The number of ether oxygens (including phenoxy) is 1. The fraction of sp³-hybridized carbons (Fsp3) is 0.286. The van der Waals surface area contributed by atoms with Crippen molar-refractivity contribution in [2.24, 2.45) is 0 Å². The normalized spacial score (nSPS) is 11.2. The molecule has 3 N–H and O–H groups in total. The van der Waals surface area contributed by atoms with E-state index in [0.717, 1.165) is 11.0 Å². The van der Waals surface area contributed by atoms with Gasteiger partial charge < -0.3 is 9.72 Å². The lowest BCUT2D eigenvalue weighted by atomic mass is 9.87. The van der Waals surface area contributed by atoms with Gasteiger partial charge in [-0.1, -0.05) is 45.0 Å². The number of hydrogen-bond donors (Lipinski definition) is 3. The Morgan fingerprint density at radius 3 is 2.36 bits per heavy atom. The number of nitrogens with one attached hydrogen (secondary N) is 3. The average molecular weight is 380 g/mol. The first-order valence-corrected chi connectivity index (χ1v) is 9.06. The van der Waals surface area contributed by atoms with Crippen LogP contribution in [0.3, 0.4) is 0 Å². The Bertz CT molecular complexity index is 938. The SMILES string of the molecule is CC(C)(C)c1ccc(OCC(=O)NNC(=O)Cc2nc3ccccc3[nH]2)cc1. The van der Waals surface area contributed by atoms with Crippen molar-refractivity contribution in [1.29, 1.82) is 0 Å². The molecule has 0 unspecified atom stereocenters. The van der Waals surface area contributed by atoms with Gasteiger partial charge in [-0.3, -0.25) is 20.4 Å². The zero-order chi connectivity index (χ0) is 20.1. The summed E-state index contributed by atoms with van der Waals surface area (Å²) in [5.74, 6) is 0.305. The van der Waals surface area contributed by atoms with Gasteiger partial charge in [-0.2, -0.15) is 0 Å². The maximum Gasteiger partial charge on any atom is 0.276 e. The molecule has 1 heterocycles. The topological polar surface area (TPSA) is 96.1 Å². The molecule has 3 aromatic rings. The third-order valence-corrected chi connectivity index (χ3v) is 4.20. The number of benzene rings is 2. The maximum absolute atomic E-state index is 12.0. The second-order valence-electron chi connectivity index (χ2n) is 7.54. The van der Waals surface area contributed by atoms with E-state index >= 15 is 0 Å². The highest BCUT2D eigenvalue weighted by Gasteiger charge is 2.13. The number of hydrazine groups is 1. The average Bonchev–Trinajstić information content (AvgIpc) is 3.06. The number of carbonyl (C=O) groups excluding carboxylic acids is 2. The summed E-state index contributed by atoms with van der Waals surface area (Å²) < 4.78 is 5.44. The summed E-state index contributed by atoms with van der Waals surface area (Å²) in [5.41, 5.74) is 7.59. The van der Waals surface area contributed by atoms with Gasteiger partial charge in [0.2, 0.25) is 5.91 Å². The van der Waals surface area contributed by atoms with Crippen molar-refractivity contribution < 1.29 is 14.3 Å². The second kappa shape index (κ2) is 8.12. The van der Waals surface area contributed by atoms with Crippen molar-refractivity contribution >= 4 is 22.8 Å². The van der Waals surface area contributed by atoms with E-state index in [4.69, 9.17) is 4.74 Å². The molecule has 146 valence electrons. The van der Waals surface area contributed by atoms with Crippen LogP contribution in [-0.2, 0) is 21.4 Å². The summed E-state index contributed by atoms with van der Waals surface area (Å²) in [6, 6.07) is 15.1. The van der Waals surface area contributed by atoms with Gasteiger partial charge in [-0.15, -0.1) is 0 Å². The molecule has 0 radical (unpaired) electrons. The lowest BCUT2D eigenvalue weighted by molar-refractivity contribution is -0.129. The standard InChI is InChI=1S/C21H24N4O3/c1-21(2,3)14-8-10-15(11-9-14)28-13-20(27)25-24-19(26)12-18-22-16-6-4-5-7-17(16)23-18/h4-11H,12-13H2,1-3H3,(H,22,23)(H,24,26)(H,25,27). The van der Waals surface area contributed by atoms with E-state index in [-0.39, 0.29) is 24.3 Å². The van der Waals surface area contributed by atoms with Gasteiger partial charge in [-0.05, 0) is 35.2 Å². The first-order valence-electron chi connectivity index (χ1n) is 9.06. The minimum absolute atomic E-state index is 0.0318. The fourth-order valence-electron chi connectivity index (χ4n) is 2.66. The Hall–Kier alpha value is -3.35. The first-order chi connectivity index (χ1) is 13.3. The molecule has 0 aliphatic carbocycles. The van der Waals surface area contributed by atoms with Crippen molar-refractivity contribution in [3.8, 4) is 5.75 Å². The molecule has 0 fully saturated rings. The van der Waals surface area contributed by atoms with Crippen LogP contribution in [0.2, 0.25) is 0 Å². The molecule has 0 bridgehead atoms. The van der Waals surface area contributed by atoms with Gasteiger partial charge in [0.25, 0.3) is 5.91 Å². The van der Waals surface area contributed by atoms with E-state index in [1.807, 2.05) is 48.5 Å². The molecule has 0 atom stereocenters. The number of aromatic amines is 1. The maximum atomic E-state index is 12.0. The highest BCUT2D eigenvalue weighted by atomic mass is 16.5. The Morgan fingerprint density at radius 2 is 1.68 bits per heavy atom. The zero-order valence-corrected chi connectivity index (χ0v) is 16.2. The minimum Gasteiger partial charge on any atom is -0.484 e. The van der Waals surface area contributed by atoms with Crippen molar-refractivity contribution in [2.75, 3.05) is 6.61 Å². The predicted octanol–water partition coefficient (Wildman–Crippen LogP) is 2.63. The highest BCUT2D eigenvalue weighted by Crippen LogP contribution is 2.24. The Balaban J connectivity index is 1.43. The van der Waals surface area contributed by atoms with Crippen LogP contribution in [0.1, 0.15) is 32.2 Å². The van der Waals surface area contributed by atoms with Crippen LogP contribution in [0.25, 0.3) is 11.0 Å². The van der Waals surface area contributed by atoms with Gasteiger partial charge >= 0.3 is 0 Å². The summed E-state index contributed by atoms with van der Waals surface area (Å²) in [6.07, 6.45) is 0.0318. The van der Waals surface area contributed by atoms with Gasteiger partial charge in [0.05, 0.1) is 17.5 Å². The molecule has 7 heteroatoms. The number of para-hydroxylation sites is 2. The van der Waals surface area contributed by atoms with Crippen LogP contribution in [0, 0.1) is 0 Å². The van der Waals surface area contributed by atoms with Crippen molar-refractivity contribution in [3.05, 3.63) is 59.9 Å². The molecular formula is C21H24N4O3. The van der Waals surface area contributed by atoms with Crippen molar-refractivity contribution in [1.82, 2.24) is 20.8 Å². The van der Waals surface area contributed by atoms with E-state index in [2.05, 4.69) is 41.6 Å². The minimum atomic E-state index is -0.446. The summed E-state index contributed by atoms with van der Waals surface area (Å²) in [7, 11) is 0. The molecule has 0 saturated carbocycles. The molecular weight excluding hydrogens is 356 g/mol. The molecule has 3 rings (SSSR count). The Labute approximate surface area is 163 Å². The Kier molecular flexibility index (Phi) is 5.63. The number of fused-ring (bicyclic) bond motifs is 1. The lowest BCUT2D eigenvalue weighted by Crippen LogP contribution is -2.44. The molecule has 0 aliphatic heterocycles. The largest absolute Gasteiger partial charge is 0.484 e. The van der Waals surface area contributed by atoms with Crippen molar-refractivity contribution in [3.63, 3.8) is 0 Å². The quantitative estimate of drug-likeness (QED) is 0.593. The molecule has 2 amide bonds. The van der Waals surface area contributed by atoms with Gasteiger partial charge in [0.15, 0.2) is 6.61 Å². The molecule has 0 aliphatic rings. The summed E-state index contributed by atoms with van der Waals surface area (Å²) >= 11 is 0. The highest BCUT2D eigenvalue weighted by molar-refractivity contribution is 5.84. The van der Waals surface area contributed by atoms with E-state index in [1.54, 1.807) is 0 Å². The Morgan fingerprint density at radius 1 is 1.00 bits per heavy atom. The first kappa shape index (κ1) is 19.4. The molecule has 0 spiro atoms. The summed E-state index contributed by atoms with van der Waals surface area (Å²) in [4.78, 5) is 31.2. The predicted molar refractivity (Wildman–Crippen MR) is 107 cm³/mol. The van der Waals surface area contributed by atoms with Crippen LogP contribution in [-0.4, -0.2) is 28.4 Å². The molecule has 7 nitrogen and oxygen atoms in total. The number of hydrogen-bond acceptors (Lipinski definition) is 4. The third kappa shape index (κ3) is 5.09. The van der Waals surface area contributed by atoms with Crippen LogP contribution in [0.4, 0.5) is 0 Å². The summed E-state index contributed by atoms with van der Waals surface area (Å²) in [5, 5.41) is 0. The molecule has 2 aromatic carbocycles. The van der Waals surface area contributed by atoms with E-state index in [9.17, 15) is 9.59 Å². The number of imidazole rings is 1. The number of H-pyrrole nitrogens is 1. The lowest BCUT2D eigenvalue weighted by Gasteiger charge is -2.19. The number of nitrogens with zero attached hydrogens (tertiary/aromatic N) is 1. The zero-order valence-electron chi connectivity index (χ0n) is 16.2. The number of carbonyl (C=O) groups is 2. The van der Waals surface area contributed by atoms with Gasteiger partial charge in [0.1, 0.15) is 11.6 Å². The smallest absolute Gasteiger partial charge is 0.276 e.